The van der Waals surface area contributed by atoms with E-state index in [0.717, 1.165) is 128 Å². The summed E-state index contributed by atoms with van der Waals surface area (Å²) in [7, 11) is 0. The van der Waals surface area contributed by atoms with Crippen LogP contribution < -0.4 is 5.32 Å². The summed E-state index contributed by atoms with van der Waals surface area (Å²) in [5, 5.41) is 121. The number of nitrogens with one attached hydrogen (secondary N) is 1. The quantitative estimate of drug-likeness (QED) is 0.0199. The van der Waals surface area contributed by atoms with E-state index >= 15 is 0 Å². The number of hydrogen-bond acceptors (Lipinski definition) is 18. The Bertz CT molecular complexity index is 2520. The van der Waals surface area contributed by atoms with Gasteiger partial charge in [0.25, 0.3) is 0 Å². The number of aliphatic hydroxyl groups excluding tert-OH is 11. The van der Waals surface area contributed by atoms with E-state index in [1.807, 2.05) is 6.08 Å². The second-order valence-corrected chi connectivity index (χ2v) is 27.8. The lowest BCUT2D eigenvalue weighted by Gasteiger charge is -2.48. The monoisotopic (exact) mass is 1480 g/mol. The fourth-order valence-corrected chi connectivity index (χ4v) is 12.4. The van der Waals surface area contributed by atoms with Crippen molar-refractivity contribution < 1.29 is 89.4 Å². The Morgan fingerprint density at radius 2 is 0.667 bits per heavy atom. The molecule has 0 bridgehead atoms. The molecule has 17 atom stereocenters. The van der Waals surface area contributed by atoms with Crippen molar-refractivity contribution in [2.75, 3.05) is 26.4 Å². The zero-order chi connectivity index (χ0) is 76.0. The van der Waals surface area contributed by atoms with Gasteiger partial charge in [-0.15, -0.1) is 0 Å². The van der Waals surface area contributed by atoms with Crippen molar-refractivity contribution in [3.63, 3.8) is 0 Å². The van der Waals surface area contributed by atoms with Crippen LogP contribution in [0.5, 0.6) is 0 Å². The van der Waals surface area contributed by atoms with Gasteiger partial charge in [0.2, 0.25) is 5.91 Å². The number of ether oxygens (including phenoxy) is 6. The number of carbonyl (C=O) groups is 1. The Hall–Kier alpha value is -4.59. The van der Waals surface area contributed by atoms with E-state index in [2.05, 4.69) is 165 Å². The third-order valence-electron chi connectivity index (χ3n) is 18.8. The molecule has 3 rings (SSSR count). The molecule has 105 heavy (non-hydrogen) atoms. The molecule has 0 aromatic carbocycles. The van der Waals surface area contributed by atoms with Gasteiger partial charge in [0, 0.05) is 6.42 Å². The third-order valence-corrected chi connectivity index (χ3v) is 18.8. The molecular weight excluding hydrogens is 1330 g/mol. The molecule has 12 N–H and O–H groups in total. The summed E-state index contributed by atoms with van der Waals surface area (Å²) in [6, 6.07) is -1.02. The second kappa shape index (κ2) is 64.3. The maximum atomic E-state index is 13.5. The van der Waals surface area contributed by atoms with Crippen LogP contribution in [-0.2, 0) is 33.2 Å². The van der Waals surface area contributed by atoms with Crippen molar-refractivity contribution >= 4 is 5.91 Å². The van der Waals surface area contributed by atoms with Crippen LogP contribution >= 0.6 is 0 Å². The molecule has 3 saturated heterocycles. The fraction of sp³-hybridized carbons (Fsp3) is 0.686. The molecule has 1 amide bonds. The highest BCUT2D eigenvalue weighted by Crippen LogP contribution is 2.33. The van der Waals surface area contributed by atoms with Gasteiger partial charge in [-0.05, 0) is 122 Å². The summed E-state index contributed by atoms with van der Waals surface area (Å²) in [5.74, 6) is -0.310. The Balaban J connectivity index is 1.40. The standard InChI is InChI=1S/C86H141NO18/c1-3-5-7-9-11-13-15-17-19-21-23-25-27-28-29-30-31-32-33-34-35-36-37-38-39-40-42-44-46-48-50-52-54-56-58-60-62-64-74(92)87-69(70(91)63-61-59-57-55-53-51-49-47-45-43-41-26-24-22-20-18-16-14-12-10-8-6-4-2)68-100-84-80(98)77(95)82(72(66-89)102-84)105-86-81(99)78(96)83(73(67-90)103-86)104-85-79(97)76(94)75(93)71(65-88)101-85/h5,7,11,13,17,19,23,25,28-29,31-32,34-35,37-38,40,42,45-48,53,55,61,63,69-73,75-86,88-91,93-99H,3-4,6,8-10,12,14-16,18,20-22,24,26-27,30,33,36,39,41,43-44,49-52,54,56-60,62,64-68H2,1-2H3,(H,87,92)/b7-5-,13-11-,19-17-,25-23-,29-28-,32-31-,35-34-,38-37-,42-40-,47-45+,48-46-,55-53+,63-61+. The van der Waals surface area contributed by atoms with Crippen LogP contribution in [0.15, 0.2) is 158 Å². The summed E-state index contributed by atoms with van der Waals surface area (Å²) in [6.45, 7) is 1.58. The number of rotatable bonds is 61. The third kappa shape index (κ3) is 44.0. The average molecular weight is 1480 g/mol. The smallest absolute Gasteiger partial charge is 0.220 e. The Morgan fingerprint density at radius 3 is 1.07 bits per heavy atom. The topological polar surface area (TPSA) is 307 Å². The van der Waals surface area contributed by atoms with Crippen LogP contribution in [0.2, 0.25) is 0 Å². The highest BCUT2D eigenvalue weighted by atomic mass is 16.8. The van der Waals surface area contributed by atoms with E-state index in [0.29, 0.717) is 12.8 Å². The minimum absolute atomic E-state index is 0.204. The van der Waals surface area contributed by atoms with Gasteiger partial charge in [0.05, 0.1) is 38.6 Å². The van der Waals surface area contributed by atoms with Crippen molar-refractivity contribution in [2.45, 2.75) is 349 Å². The first kappa shape index (κ1) is 94.6. The predicted octanol–water partition coefficient (Wildman–Crippen LogP) is 13.6. The van der Waals surface area contributed by atoms with Crippen LogP contribution in [0.1, 0.15) is 245 Å². The van der Waals surface area contributed by atoms with Crippen molar-refractivity contribution in [3.8, 4) is 0 Å². The number of allylic oxidation sites excluding steroid dienone is 25. The molecule has 3 fully saturated rings. The SMILES string of the molecule is CC/C=C\C/C=C\C/C=C\C/C=C\C/C=C\C/C=C\C/C=C\C/C=C\C/C=C\C/C=C\CCCCCCCCC(=O)NC(COC1OC(CO)C(OC2OC(CO)C(OC3OC(CO)C(O)C(O)C3O)C(O)C2O)C(O)C1O)C(O)/C=C/CC/C=C/CC/C=C/CCCCCCCCCCCCCCC. The van der Waals surface area contributed by atoms with E-state index in [4.69, 9.17) is 28.4 Å². The van der Waals surface area contributed by atoms with Gasteiger partial charge in [0.1, 0.15) is 73.2 Å². The molecular formula is C86H141NO18. The Labute approximate surface area is 631 Å². The Morgan fingerprint density at radius 1 is 0.352 bits per heavy atom. The van der Waals surface area contributed by atoms with E-state index < -0.39 is 124 Å². The first-order valence-electron chi connectivity index (χ1n) is 40.2. The van der Waals surface area contributed by atoms with Gasteiger partial charge in [-0.3, -0.25) is 4.79 Å². The van der Waals surface area contributed by atoms with E-state index in [-0.39, 0.29) is 18.9 Å². The zero-order valence-electron chi connectivity index (χ0n) is 63.9. The molecule has 0 saturated carbocycles. The van der Waals surface area contributed by atoms with E-state index in [9.17, 15) is 61.0 Å². The lowest BCUT2D eigenvalue weighted by atomic mass is 9.96. The summed E-state index contributed by atoms with van der Waals surface area (Å²) >= 11 is 0. The zero-order valence-corrected chi connectivity index (χ0v) is 63.9. The van der Waals surface area contributed by atoms with Crippen molar-refractivity contribution in [2.24, 2.45) is 0 Å². The number of unbranched alkanes of at least 4 members (excludes halogenated alkanes) is 21. The molecule has 19 nitrogen and oxygen atoms in total. The second-order valence-electron chi connectivity index (χ2n) is 27.8. The first-order chi connectivity index (χ1) is 51.3. The molecule has 3 aliphatic heterocycles. The minimum Gasteiger partial charge on any atom is -0.394 e. The molecule has 0 aromatic rings. The van der Waals surface area contributed by atoms with Crippen LogP contribution in [0.3, 0.4) is 0 Å². The highest BCUT2D eigenvalue weighted by Gasteiger charge is 2.54. The molecule has 0 radical (unpaired) electrons. The van der Waals surface area contributed by atoms with Gasteiger partial charge in [-0.1, -0.05) is 275 Å². The van der Waals surface area contributed by atoms with Crippen LogP contribution in [0, 0.1) is 0 Å². The van der Waals surface area contributed by atoms with E-state index in [1.54, 1.807) is 6.08 Å². The lowest BCUT2D eigenvalue weighted by molar-refractivity contribution is -0.379. The van der Waals surface area contributed by atoms with Gasteiger partial charge in [-0.25, -0.2) is 0 Å². The molecule has 3 aliphatic rings. The number of amides is 1. The summed E-state index contributed by atoms with van der Waals surface area (Å²) in [5.41, 5.74) is 0. The number of carbonyl (C=O) groups excluding carboxylic acids is 1. The van der Waals surface area contributed by atoms with Crippen LogP contribution in [0.4, 0.5) is 0 Å². The van der Waals surface area contributed by atoms with Gasteiger partial charge < -0.3 is 89.9 Å². The molecule has 0 aliphatic carbocycles. The van der Waals surface area contributed by atoms with Gasteiger partial charge >= 0.3 is 0 Å². The fourth-order valence-electron chi connectivity index (χ4n) is 12.4. The summed E-state index contributed by atoms with van der Waals surface area (Å²) in [6.07, 6.45) is 67.9. The maximum Gasteiger partial charge on any atom is 0.220 e. The van der Waals surface area contributed by atoms with Crippen molar-refractivity contribution in [3.05, 3.63) is 158 Å². The number of hydrogen-bond donors (Lipinski definition) is 12. The predicted molar refractivity (Wildman–Crippen MR) is 419 cm³/mol. The summed E-state index contributed by atoms with van der Waals surface area (Å²) in [4.78, 5) is 13.5. The molecule has 19 heteroatoms. The van der Waals surface area contributed by atoms with Crippen molar-refractivity contribution in [1.82, 2.24) is 5.32 Å². The number of aliphatic hydroxyl groups is 11. The Kier molecular flexibility index (Phi) is 57.9. The molecule has 3 heterocycles. The van der Waals surface area contributed by atoms with Crippen LogP contribution in [0.25, 0.3) is 0 Å². The minimum atomic E-state index is -1.99. The normalized spacial score (nSPS) is 26.7. The van der Waals surface area contributed by atoms with E-state index in [1.165, 1.54) is 83.5 Å². The molecule has 598 valence electrons. The lowest BCUT2D eigenvalue weighted by Crippen LogP contribution is -2.66. The van der Waals surface area contributed by atoms with Crippen LogP contribution in [-0.4, -0.2) is 193 Å². The maximum absolute atomic E-state index is 13.5. The highest BCUT2D eigenvalue weighted by molar-refractivity contribution is 5.76. The first-order valence-corrected chi connectivity index (χ1v) is 40.2. The average Bonchev–Trinajstić information content (AvgIpc) is 0.779. The largest absolute Gasteiger partial charge is 0.394 e. The van der Waals surface area contributed by atoms with Gasteiger partial charge in [0.15, 0.2) is 18.9 Å². The molecule has 0 spiro atoms. The molecule has 17 unspecified atom stereocenters. The summed E-state index contributed by atoms with van der Waals surface area (Å²) < 4.78 is 34.4. The molecule has 0 aromatic heterocycles. The van der Waals surface area contributed by atoms with Crippen molar-refractivity contribution in [1.29, 1.82) is 0 Å². The van der Waals surface area contributed by atoms with Gasteiger partial charge in [-0.2, -0.15) is 0 Å².